The quantitative estimate of drug-likeness (QED) is 0.790. The number of nitrogen functional groups attached to an aromatic ring is 1. The lowest BCUT2D eigenvalue weighted by Gasteiger charge is -2.36. The molecule has 0 bridgehead atoms. The van der Waals surface area contributed by atoms with Crippen LogP contribution in [0.15, 0.2) is 0 Å². The van der Waals surface area contributed by atoms with Gasteiger partial charge in [0.15, 0.2) is 5.13 Å². The minimum absolute atomic E-state index is 0.119. The molecule has 2 fully saturated rings. The van der Waals surface area contributed by atoms with Crippen LogP contribution in [0.5, 0.6) is 0 Å². The molecule has 6 nitrogen and oxygen atoms in total. The topological polar surface area (TPSA) is 91.5 Å². The molecule has 1 aliphatic carbocycles. The molecule has 1 aromatic heterocycles. The molecular weight excluding hydrogens is 288 g/mol. The maximum absolute atomic E-state index is 12.6. The summed E-state index contributed by atoms with van der Waals surface area (Å²) in [5, 5.41) is 14.2. The molecule has 7 heteroatoms. The second-order valence-electron chi connectivity index (χ2n) is 6.33. The lowest BCUT2D eigenvalue weighted by Crippen LogP contribution is -2.48. The van der Waals surface area contributed by atoms with Crippen LogP contribution in [0.4, 0.5) is 10.9 Å². The van der Waals surface area contributed by atoms with E-state index in [-0.39, 0.29) is 11.7 Å². The van der Waals surface area contributed by atoms with Crippen molar-refractivity contribution in [2.75, 3.05) is 24.1 Å². The summed E-state index contributed by atoms with van der Waals surface area (Å²) in [6.07, 6.45) is 5.08. The van der Waals surface area contributed by atoms with Crippen molar-refractivity contribution in [1.29, 1.82) is 0 Å². The summed E-state index contributed by atoms with van der Waals surface area (Å²) in [6.45, 7) is 2.79. The Bertz CT molecular complexity index is 539. The van der Waals surface area contributed by atoms with E-state index in [2.05, 4.69) is 10.3 Å². The van der Waals surface area contributed by atoms with Gasteiger partial charge in [-0.3, -0.25) is 4.79 Å². The first-order valence-electron chi connectivity index (χ1n) is 7.49. The van der Waals surface area contributed by atoms with Crippen LogP contribution in [0.2, 0.25) is 0 Å². The SMILES string of the molecule is CC1(O)CCCN(C(=O)c2sc(NC3CCC3)nc2N)C1. The van der Waals surface area contributed by atoms with Crippen LogP contribution in [0.3, 0.4) is 0 Å². The molecule has 21 heavy (non-hydrogen) atoms. The second-order valence-corrected chi connectivity index (χ2v) is 7.33. The third-order valence-electron chi connectivity index (χ3n) is 4.24. The number of aromatic nitrogens is 1. The number of rotatable bonds is 3. The van der Waals surface area contributed by atoms with Gasteiger partial charge in [-0.25, -0.2) is 4.98 Å². The van der Waals surface area contributed by atoms with Crippen LogP contribution in [0.25, 0.3) is 0 Å². The van der Waals surface area contributed by atoms with Gasteiger partial charge in [-0.15, -0.1) is 0 Å². The zero-order valence-corrected chi connectivity index (χ0v) is 13.1. The molecule has 1 aromatic rings. The molecule has 0 radical (unpaired) electrons. The summed E-state index contributed by atoms with van der Waals surface area (Å²) >= 11 is 1.32. The van der Waals surface area contributed by atoms with Gasteiger partial charge in [-0.2, -0.15) is 0 Å². The number of aliphatic hydroxyl groups is 1. The monoisotopic (exact) mass is 310 g/mol. The van der Waals surface area contributed by atoms with Gasteiger partial charge in [0.05, 0.1) is 5.60 Å². The molecule has 0 aromatic carbocycles. The molecule has 0 spiro atoms. The molecule has 1 aliphatic heterocycles. The van der Waals surface area contributed by atoms with E-state index in [4.69, 9.17) is 5.73 Å². The van der Waals surface area contributed by atoms with Crippen molar-refractivity contribution < 1.29 is 9.90 Å². The fourth-order valence-electron chi connectivity index (χ4n) is 2.81. The molecule has 1 atom stereocenters. The average molecular weight is 310 g/mol. The minimum atomic E-state index is -0.805. The van der Waals surface area contributed by atoms with Gasteiger partial charge in [0, 0.05) is 19.1 Å². The van der Waals surface area contributed by atoms with Gasteiger partial charge < -0.3 is 21.1 Å². The van der Waals surface area contributed by atoms with E-state index in [0.717, 1.165) is 30.8 Å². The van der Waals surface area contributed by atoms with Gasteiger partial charge in [0.2, 0.25) is 0 Å². The Balaban J connectivity index is 1.71. The first-order valence-corrected chi connectivity index (χ1v) is 8.31. The van der Waals surface area contributed by atoms with Crippen molar-refractivity contribution in [2.24, 2.45) is 0 Å². The third-order valence-corrected chi connectivity index (χ3v) is 5.23. The largest absolute Gasteiger partial charge is 0.388 e. The number of likely N-dealkylation sites (tertiary alicyclic amines) is 1. The molecule has 1 saturated carbocycles. The van der Waals surface area contributed by atoms with Gasteiger partial charge in [-0.05, 0) is 39.0 Å². The Labute approximate surface area is 128 Å². The first-order chi connectivity index (χ1) is 9.94. The highest BCUT2D eigenvalue weighted by molar-refractivity contribution is 7.18. The maximum Gasteiger partial charge on any atom is 0.267 e. The van der Waals surface area contributed by atoms with Crippen LogP contribution in [-0.2, 0) is 0 Å². The summed E-state index contributed by atoms with van der Waals surface area (Å²) in [4.78, 5) is 19.0. The summed E-state index contributed by atoms with van der Waals surface area (Å²) in [5.74, 6) is 0.170. The molecule has 1 amide bonds. The van der Waals surface area contributed by atoms with Gasteiger partial charge in [0.25, 0.3) is 5.91 Å². The fourth-order valence-corrected chi connectivity index (χ4v) is 3.74. The van der Waals surface area contributed by atoms with E-state index >= 15 is 0 Å². The number of carbonyl (C=O) groups excluding carboxylic acids is 1. The van der Waals surface area contributed by atoms with Crippen LogP contribution < -0.4 is 11.1 Å². The van der Waals surface area contributed by atoms with Crippen molar-refractivity contribution in [3.63, 3.8) is 0 Å². The fraction of sp³-hybridized carbons (Fsp3) is 0.714. The van der Waals surface area contributed by atoms with Gasteiger partial charge >= 0.3 is 0 Å². The van der Waals surface area contributed by atoms with Crippen LogP contribution in [0.1, 0.15) is 48.7 Å². The number of thiazole rings is 1. The molecule has 1 unspecified atom stereocenters. The number of nitrogens with one attached hydrogen (secondary N) is 1. The number of piperidine rings is 1. The Morgan fingerprint density at radius 2 is 2.29 bits per heavy atom. The number of carbonyl (C=O) groups is 1. The normalized spacial score (nSPS) is 26.5. The van der Waals surface area contributed by atoms with E-state index in [1.54, 1.807) is 11.8 Å². The van der Waals surface area contributed by atoms with Gasteiger partial charge in [-0.1, -0.05) is 11.3 Å². The van der Waals surface area contributed by atoms with Gasteiger partial charge in [0.1, 0.15) is 10.7 Å². The standard InChI is InChI=1S/C14H22N4O2S/c1-14(20)6-3-7-18(8-14)12(19)10-11(15)17-13(21-10)16-9-4-2-5-9/h9,20H,2-8,15H2,1H3,(H,16,17). The molecule has 2 aliphatic rings. The smallest absolute Gasteiger partial charge is 0.267 e. The first kappa shape index (κ1) is 14.6. The summed E-state index contributed by atoms with van der Waals surface area (Å²) in [7, 11) is 0. The molecule has 4 N–H and O–H groups in total. The second kappa shape index (κ2) is 5.46. The zero-order chi connectivity index (χ0) is 15.0. The van der Waals surface area contributed by atoms with E-state index < -0.39 is 5.60 Å². The number of β-amino-alcohol motifs (C(OH)–C–C–N with tert-alkyl or cyclic N) is 1. The predicted molar refractivity (Wildman–Crippen MR) is 83.5 cm³/mol. The number of nitrogens with two attached hydrogens (primary N) is 1. The Morgan fingerprint density at radius 1 is 1.52 bits per heavy atom. The Hall–Kier alpha value is -1.34. The number of anilines is 2. The van der Waals surface area contributed by atoms with E-state index in [9.17, 15) is 9.90 Å². The van der Waals surface area contributed by atoms with E-state index in [1.165, 1.54) is 17.8 Å². The molecule has 3 rings (SSSR count). The minimum Gasteiger partial charge on any atom is -0.388 e. The van der Waals surface area contributed by atoms with Crippen molar-refractivity contribution in [3.05, 3.63) is 4.88 Å². The Kier molecular flexibility index (Phi) is 3.79. The predicted octanol–water partition coefficient (Wildman–Crippen LogP) is 1.68. The lowest BCUT2D eigenvalue weighted by molar-refractivity contribution is -0.0105. The van der Waals surface area contributed by atoms with E-state index in [1.807, 2.05) is 0 Å². The maximum atomic E-state index is 12.6. The summed E-state index contributed by atoms with van der Waals surface area (Å²) in [5.41, 5.74) is 5.10. The summed E-state index contributed by atoms with van der Waals surface area (Å²) in [6, 6.07) is 0.467. The number of nitrogens with zero attached hydrogens (tertiary/aromatic N) is 2. The molecule has 116 valence electrons. The highest BCUT2D eigenvalue weighted by atomic mass is 32.1. The molecule has 2 heterocycles. The van der Waals surface area contributed by atoms with Crippen LogP contribution in [-0.4, -0.2) is 45.6 Å². The average Bonchev–Trinajstić information content (AvgIpc) is 2.73. The highest BCUT2D eigenvalue weighted by Crippen LogP contribution is 2.31. The van der Waals surface area contributed by atoms with Crippen LogP contribution >= 0.6 is 11.3 Å². The number of hydrogen-bond acceptors (Lipinski definition) is 6. The molecular formula is C14H22N4O2S. The zero-order valence-electron chi connectivity index (χ0n) is 12.3. The van der Waals surface area contributed by atoms with Crippen LogP contribution in [0, 0.1) is 0 Å². The van der Waals surface area contributed by atoms with Crippen molar-refractivity contribution in [3.8, 4) is 0 Å². The van der Waals surface area contributed by atoms with Crippen molar-refractivity contribution in [2.45, 2.75) is 50.7 Å². The van der Waals surface area contributed by atoms with Crippen molar-refractivity contribution >= 4 is 28.2 Å². The van der Waals surface area contributed by atoms with Crippen molar-refractivity contribution in [1.82, 2.24) is 9.88 Å². The third kappa shape index (κ3) is 3.13. The number of amides is 1. The highest BCUT2D eigenvalue weighted by Gasteiger charge is 2.33. The van der Waals surface area contributed by atoms with E-state index in [0.29, 0.717) is 24.0 Å². The lowest BCUT2D eigenvalue weighted by atomic mass is 9.93. The number of hydrogen-bond donors (Lipinski definition) is 3. The molecule has 1 saturated heterocycles. The summed E-state index contributed by atoms with van der Waals surface area (Å²) < 4.78 is 0. The Morgan fingerprint density at radius 3 is 2.90 bits per heavy atom.